The van der Waals surface area contributed by atoms with Crippen molar-refractivity contribution < 1.29 is 9.15 Å². The molecule has 1 aromatic rings. The van der Waals surface area contributed by atoms with E-state index in [0.717, 1.165) is 38.3 Å². The van der Waals surface area contributed by atoms with E-state index in [2.05, 4.69) is 19.2 Å². The number of furan rings is 1. The van der Waals surface area contributed by atoms with Gasteiger partial charge in [0.2, 0.25) is 0 Å². The van der Waals surface area contributed by atoms with Crippen LogP contribution in [-0.4, -0.2) is 13.2 Å². The monoisotopic (exact) mass is 253 g/mol. The van der Waals surface area contributed by atoms with Gasteiger partial charge in [0.25, 0.3) is 0 Å². The van der Waals surface area contributed by atoms with Crippen LogP contribution in [0, 0.1) is 0 Å². The average molecular weight is 253 g/mol. The van der Waals surface area contributed by atoms with Gasteiger partial charge in [0.05, 0.1) is 6.26 Å². The van der Waals surface area contributed by atoms with E-state index in [1.807, 2.05) is 6.07 Å². The van der Waals surface area contributed by atoms with Gasteiger partial charge in [0, 0.05) is 18.7 Å². The fourth-order valence-corrected chi connectivity index (χ4v) is 1.85. The average Bonchev–Trinajstić information content (AvgIpc) is 2.82. The van der Waals surface area contributed by atoms with Gasteiger partial charge < -0.3 is 14.5 Å². The van der Waals surface area contributed by atoms with E-state index in [1.165, 1.54) is 24.8 Å². The molecule has 0 aliphatic carbocycles. The molecule has 3 heteroatoms. The summed E-state index contributed by atoms with van der Waals surface area (Å²) in [7, 11) is 0. The molecule has 0 saturated carbocycles. The van der Waals surface area contributed by atoms with Crippen molar-refractivity contribution in [3.63, 3.8) is 0 Å². The summed E-state index contributed by atoms with van der Waals surface area (Å²) in [4.78, 5) is 0. The highest BCUT2D eigenvalue weighted by Crippen LogP contribution is 2.12. The normalized spacial score (nSPS) is 11.0. The van der Waals surface area contributed by atoms with E-state index in [-0.39, 0.29) is 0 Å². The molecule has 0 unspecified atom stereocenters. The van der Waals surface area contributed by atoms with E-state index < -0.39 is 0 Å². The van der Waals surface area contributed by atoms with Crippen LogP contribution in [0.1, 0.15) is 57.3 Å². The molecule has 0 spiro atoms. The molecule has 0 radical (unpaired) electrons. The maximum absolute atomic E-state index is 5.65. The molecule has 104 valence electrons. The first-order valence-corrected chi connectivity index (χ1v) is 7.22. The van der Waals surface area contributed by atoms with Crippen LogP contribution in [0.2, 0.25) is 0 Å². The summed E-state index contributed by atoms with van der Waals surface area (Å²) in [5.41, 5.74) is 1.22. The largest absolute Gasteiger partial charge is 0.467 e. The second-order valence-electron chi connectivity index (χ2n) is 4.66. The van der Waals surface area contributed by atoms with Gasteiger partial charge in [0.15, 0.2) is 0 Å². The van der Waals surface area contributed by atoms with Crippen molar-refractivity contribution in [1.82, 2.24) is 5.32 Å². The minimum atomic E-state index is 0.599. The molecule has 18 heavy (non-hydrogen) atoms. The predicted molar refractivity (Wildman–Crippen MR) is 74.5 cm³/mol. The van der Waals surface area contributed by atoms with Gasteiger partial charge >= 0.3 is 0 Å². The van der Waals surface area contributed by atoms with Gasteiger partial charge in [-0.25, -0.2) is 0 Å². The third-order valence-corrected chi connectivity index (χ3v) is 2.96. The summed E-state index contributed by atoms with van der Waals surface area (Å²) >= 11 is 0. The number of rotatable bonds is 11. The number of hydrogen-bond donors (Lipinski definition) is 1. The van der Waals surface area contributed by atoms with Gasteiger partial charge in [-0.15, -0.1) is 0 Å². The van der Waals surface area contributed by atoms with Crippen molar-refractivity contribution in [3.8, 4) is 0 Å². The predicted octanol–water partition coefficient (Wildman–Crippen LogP) is 3.88. The van der Waals surface area contributed by atoms with Crippen LogP contribution in [0.4, 0.5) is 0 Å². The van der Waals surface area contributed by atoms with Crippen molar-refractivity contribution in [2.45, 2.75) is 59.1 Å². The Morgan fingerprint density at radius 3 is 2.83 bits per heavy atom. The van der Waals surface area contributed by atoms with Crippen LogP contribution in [0.25, 0.3) is 0 Å². The Hall–Kier alpha value is -0.800. The van der Waals surface area contributed by atoms with Gasteiger partial charge in [-0.2, -0.15) is 0 Å². The lowest BCUT2D eigenvalue weighted by atomic mass is 10.2. The summed E-state index contributed by atoms with van der Waals surface area (Å²) in [6.45, 7) is 7.74. The molecule has 1 heterocycles. The Balaban J connectivity index is 2.15. The molecular weight excluding hydrogens is 226 g/mol. The molecule has 3 nitrogen and oxygen atoms in total. The summed E-state index contributed by atoms with van der Waals surface area (Å²) in [5.74, 6) is 0.967. The Bertz CT molecular complexity index is 296. The second kappa shape index (κ2) is 10.2. The smallest absolute Gasteiger partial charge is 0.133 e. The fourth-order valence-electron chi connectivity index (χ4n) is 1.85. The molecule has 1 rings (SSSR count). The molecule has 0 amide bonds. The standard InChI is InChI=1S/C15H27NO2/c1-3-5-6-7-10-17-13-15-14(8-11-18-15)12-16-9-4-2/h8,11,16H,3-7,9-10,12-13H2,1-2H3. The molecule has 0 aliphatic rings. The molecule has 1 aromatic heterocycles. The lowest BCUT2D eigenvalue weighted by Crippen LogP contribution is -2.14. The molecule has 0 fully saturated rings. The lowest BCUT2D eigenvalue weighted by Gasteiger charge is -2.05. The van der Waals surface area contributed by atoms with Crippen LogP contribution < -0.4 is 5.32 Å². The third kappa shape index (κ3) is 6.22. The first kappa shape index (κ1) is 15.3. The summed E-state index contributed by atoms with van der Waals surface area (Å²) in [5, 5.41) is 3.38. The first-order valence-electron chi connectivity index (χ1n) is 7.22. The maximum Gasteiger partial charge on any atom is 0.133 e. The summed E-state index contributed by atoms with van der Waals surface area (Å²) < 4.78 is 11.1. The van der Waals surface area contributed by atoms with Crippen LogP contribution in [0.3, 0.4) is 0 Å². The van der Waals surface area contributed by atoms with E-state index in [4.69, 9.17) is 9.15 Å². The van der Waals surface area contributed by atoms with Crippen LogP contribution in [0.15, 0.2) is 16.7 Å². The van der Waals surface area contributed by atoms with Gasteiger partial charge in [0.1, 0.15) is 12.4 Å². The third-order valence-electron chi connectivity index (χ3n) is 2.96. The number of hydrogen-bond acceptors (Lipinski definition) is 3. The highest BCUT2D eigenvalue weighted by Gasteiger charge is 2.05. The number of unbranched alkanes of at least 4 members (excludes halogenated alkanes) is 3. The number of ether oxygens (including phenoxy) is 1. The topological polar surface area (TPSA) is 34.4 Å². The van der Waals surface area contributed by atoms with Crippen molar-refractivity contribution in [3.05, 3.63) is 23.7 Å². The van der Waals surface area contributed by atoms with Crippen molar-refractivity contribution in [2.75, 3.05) is 13.2 Å². The maximum atomic E-state index is 5.65. The number of nitrogens with one attached hydrogen (secondary N) is 1. The summed E-state index contributed by atoms with van der Waals surface area (Å²) in [6, 6.07) is 2.03. The molecular formula is C15H27NO2. The van der Waals surface area contributed by atoms with Crippen LogP contribution in [0.5, 0.6) is 0 Å². The van der Waals surface area contributed by atoms with Crippen molar-refractivity contribution in [2.24, 2.45) is 0 Å². The minimum absolute atomic E-state index is 0.599. The molecule has 0 atom stereocenters. The van der Waals surface area contributed by atoms with Crippen LogP contribution >= 0.6 is 0 Å². The second-order valence-corrected chi connectivity index (χ2v) is 4.66. The Kier molecular flexibility index (Phi) is 8.61. The zero-order valence-electron chi connectivity index (χ0n) is 11.8. The molecule has 1 N–H and O–H groups in total. The fraction of sp³-hybridized carbons (Fsp3) is 0.733. The molecule has 0 saturated heterocycles. The minimum Gasteiger partial charge on any atom is -0.467 e. The Morgan fingerprint density at radius 2 is 2.06 bits per heavy atom. The SMILES string of the molecule is CCCCCCOCc1occc1CNCCC. The van der Waals surface area contributed by atoms with Crippen molar-refractivity contribution >= 4 is 0 Å². The van der Waals surface area contributed by atoms with Crippen LogP contribution in [-0.2, 0) is 17.9 Å². The summed E-state index contributed by atoms with van der Waals surface area (Å²) in [6.07, 6.45) is 7.89. The van der Waals surface area contributed by atoms with E-state index in [9.17, 15) is 0 Å². The van der Waals surface area contributed by atoms with E-state index in [1.54, 1.807) is 6.26 Å². The van der Waals surface area contributed by atoms with Gasteiger partial charge in [-0.05, 0) is 25.5 Å². The molecule has 0 aliphatic heterocycles. The molecule has 0 bridgehead atoms. The quantitative estimate of drug-likeness (QED) is 0.608. The Morgan fingerprint density at radius 1 is 1.17 bits per heavy atom. The zero-order chi connectivity index (χ0) is 13.1. The van der Waals surface area contributed by atoms with Gasteiger partial charge in [-0.1, -0.05) is 33.1 Å². The molecule has 0 aromatic carbocycles. The highest BCUT2D eigenvalue weighted by atomic mass is 16.5. The van der Waals surface area contributed by atoms with Gasteiger partial charge in [-0.3, -0.25) is 0 Å². The first-order chi connectivity index (χ1) is 8.88. The highest BCUT2D eigenvalue weighted by molar-refractivity contribution is 5.16. The lowest BCUT2D eigenvalue weighted by molar-refractivity contribution is 0.102. The van der Waals surface area contributed by atoms with E-state index in [0.29, 0.717) is 6.61 Å². The zero-order valence-corrected chi connectivity index (χ0v) is 11.8. The van der Waals surface area contributed by atoms with E-state index >= 15 is 0 Å². The van der Waals surface area contributed by atoms with Crippen molar-refractivity contribution in [1.29, 1.82) is 0 Å². The Labute approximate surface area is 111 Å².